The maximum atomic E-state index is 15.0. The van der Waals surface area contributed by atoms with Gasteiger partial charge in [0.2, 0.25) is 5.91 Å². The average Bonchev–Trinajstić information content (AvgIpc) is 3.31. The van der Waals surface area contributed by atoms with Gasteiger partial charge in [-0.1, -0.05) is 49.6 Å². The molecular weight excluding hydrogens is 379 g/mol. The fourth-order valence-electron chi connectivity index (χ4n) is 5.83. The molecule has 4 nitrogen and oxygen atoms in total. The van der Waals surface area contributed by atoms with Gasteiger partial charge in [0, 0.05) is 18.7 Å². The lowest BCUT2D eigenvalue weighted by Gasteiger charge is -2.54. The van der Waals surface area contributed by atoms with Crippen LogP contribution >= 0.6 is 0 Å². The number of anilines is 1. The third-order valence-electron chi connectivity index (χ3n) is 7.17. The summed E-state index contributed by atoms with van der Waals surface area (Å²) in [7, 11) is 0. The third kappa shape index (κ3) is 2.86. The van der Waals surface area contributed by atoms with E-state index < -0.39 is 17.3 Å². The second-order valence-corrected chi connectivity index (χ2v) is 8.81. The molecule has 0 radical (unpaired) electrons. The number of amides is 2. The Bertz CT molecular complexity index is 977. The molecule has 2 aromatic carbocycles. The summed E-state index contributed by atoms with van der Waals surface area (Å²) in [6.45, 7) is 1.53. The van der Waals surface area contributed by atoms with E-state index in [-0.39, 0.29) is 17.5 Å². The molecule has 156 valence electrons. The standard InChI is InChI=1S/C25H27FN2O2/c26-20-12-4-5-13-21(20)28-23(29)19-11-3-2-10-18(19)22(24(30)27-16-8-9-17-27)25(28)14-6-1-7-15-25/h2-5,10-13,22H,1,6-9,14-17H2/t22-/m0/s1. The SMILES string of the molecule is O=C([C@@H]1c2ccccc2C(=O)N(c2ccccc2F)C12CCCCC2)N1CCCC1. The second-order valence-electron chi connectivity index (χ2n) is 8.81. The number of para-hydroxylation sites is 1. The van der Waals surface area contributed by atoms with Gasteiger partial charge < -0.3 is 4.90 Å². The van der Waals surface area contributed by atoms with E-state index in [4.69, 9.17) is 0 Å². The van der Waals surface area contributed by atoms with E-state index in [1.807, 2.05) is 23.1 Å². The summed E-state index contributed by atoms with van der Waals surface area (Å²) in [5.74, 6) is -0.967. The lowest BCUT2D eigenvalue weighted by Crippen LogP contribution is -2.63. The molecule has 5 heteroatoms. The maximum absolute atomic E-state index is 15.0. The minimum absolute atomic E-state index is 0.0932. The van der Waals surface area contributed by atoms with Crippen molar-refractivity contribution in [3.8, 4) is 0 Å². The smallest absolute Gasteiger partial charge is 0.259 e. The van der Waals surface area contributed by atoms with E-state index in [0.29, 0.717) is 18.4 Å². The summed E-state index contributed by atoms with van der Waals surface area (Å²) in [6, 6.07) is 13.9. The molecule has 2 amide bonds. The minimum Gasteiger partial charge on any atom is -0.342 e. The van der Waals surface area contributed by atoms with Crippen LogP contribution in [0.15, 0.2) is 48.5 Å². The first-order valence-corrected chi connectivity index (χ1v) is 11.1. The summed E-state index contributed by atoms with van der Waals surface area (Å²) in [5, 5.41) is 0. The summed E-state index contributed by atoms with van der Waals surface area (Å²) in [4.78, 5) is 31.3. The van der Waals surface area contributed by atoms with Crippen LogP contribution in [0.2, 0.25) is 0 Å². The monoisotopic (exact) mass is 406 g/mol. The van der Waals surface area contributed by atoms with Crippen molar-refractivity contribution >= 4 is 17.5 Å². The molecule has 0 aromatic heterocycles. The number of rotatable bonds is 2. The van der Waals surface area contributed by atoms with E-state index in [9.17, 15) is 9.59 Å². The van der Waals surface area contributed by atoms with E-state index >= 15 is 4.39 Å². The van der Waals surface area contributed by atoms with Gasteiger partial charge in [-0.2, -0.15) is 0 Å². The zero-order chi connectivity index (χ0) is 20.7. The van der Waals surface area contributed by atoms with Crippen molar-refractivity contribution in [2.45, 2.75) is 56.4 Å². The molecule has 2 aromatic rings. The van der Waals surface area contributed by atoms with Crippen molar-refractivity contribution in [3.05, 3.63) is 65.5 Å². The van der Waals surface area contributed by atoms with Gasteiger partial charge in [0.15, 0.2) is 0 Å². The van der Waals surface area contributed by atoms with Gasteiger partial charge in [-0.3, -0.25) is 14.5 Å². The Morgan fingerprint density at radius 2 is 1.57 bits per heavy atom. The summed E-state index contributed by atoms with van der Waals surface area (Å²) in [5.41, 5.74) is 0.910. The number of hydrogen-bond acceptors (Lipinski definition) is 2. The molecule has 0 bridgehead atoms. The first-order chi connectivity index (χ1) is 14.6. The molecule has 0 unspecified atom stereocenters. The fourth-order valence-corrected chi connectivity index (χ4v) is 5.83. The summed E-state index contributed by atoms with van der Waals surface area (Å²) < 4.78 is 15.0. The number of halogens is 1. The van der Waals surface area contributed by atoms with Gasteiger partial charge in [0.25, 0.3) is 5.91 Å². The number of benzene rings is 2. The topological polar surface area (TPSA) is 40.6 Å². The summed E-state index contributed by atoms with van der Waals surface area (Å²) >= 11 is 0. The lowest BCUT2D eigenvalue weighted by atomic mass is 9.65. The molecule has 1 saturated carbocycles. The first-order valence-electron chi connectivity index (χ1n) is 11.1. The van der Waals surface area contributed by atoms with Gasteiger partial charge in [0.1, 0.15) is 5.82 Å². The molecule has 5 rings (SSSR count). The highest BCUT2D eigenvalue weighted by Crippen LogP contribution is 2.51. The Kier molecular flexibility index (Phi) is 4.84. The Morgan fingerprint density at radius 3 is 2.30 bits per heavy atom. The number of carbonyl (C=O) groups excluding carboxylic acids is 2. The van der Waals surface area contributed by atoms with Crippen molar-refractivity contribution in [3.63, 3.8) is 0 Å². The molecule has 2 fully saturated rings. The van der Waals surface area contributed by atoms with Crippen molar-refractivity contribution in [2.75, 3.05) is 18.0 Å². The van der Waals surface area contributed by atoms with E-state index in [1.165, 1.54) is 6.07 Å². The molecule has 1 saturated heterocycles. The lowest BCUT2D eigenvalue weighted by molar-refractivity contribution is -0.134. The number of carbonyl (C=O) groups is 2. The van der Waals surface area contributed by atoms with Crippen molar-refractivity contribution in [1.82, 2.24) is 4.90 Å². The number of fused-ring (bicyclic) bond motifs is 1. The highest BCUT2D eigenvalue weighted by atomic mass is 19.1. The number of likely N-dealkylation sites (tertiary alicyclic amines) is 1. The van der Waals surface area contributed by atoms with Crippen molar-refractivity contribution in [1.29, 1.82) is 0 Å². The number of nitrogens with zero attached hydrogens (tertiary/aromatic N) is 2. The van der Waals surface area contributed by atoms with Crippen molar-refractivity contribution in [2.24, 2.45) is 0 Å². The first kappa shape index (κ1) is 19.3. The van der Waals surface area contributed by atoms with E-state index in [1.54, 1.807) is 29.2 Å². The summed E-state index contributed by atoms with van der Waals surface area (Å²) in [6.07, 6.45) is 6.41. The van der Waals surface area contributed by atoms with Gasteiger partial charge in [-0.15, -0.1) is 0 Å². The molecular formula is C25H27FN2O2. The van der Waals surface area contributed by atoms with Crippen LogP contribution in [0.1, 0.15) is 66.8 Å². The van der Waals surface area contributed by atoms with Gasteiger partial charge in [0.05, 0.1) is 17.1 Å². The van der Waals surface area contributed by atoms with Crippen LogP contribution in [0.25, 0.3) is 0 Å². The van der Waals surface area contributed by atoms with Crippen LogP contribution in [0, 0.1) is 5.82 Å². The van der Waals surface area contributed by atoms with Crippen LogP contribution in [0.3, 0.4) is 0 Å². The molecule has 0 N–H and O–H groups in total. The molecule has 2 heterocycles. The fraction of sp³-hybridized carbons (Fsp3) is 0.440. The Balaban J connectivity index is 1.74. The largest absolute Gasteiger partial charge is 0.342 e. The normalized spacial score (nSPS) is 23.0. The molecule has 2 aliphatic heterocycles. The van der Waals surface area contributed by atoms with E-state index in [0.717, 1.165) is 50.8 Å². The van der Waals surface area contributed by atoms with Crippen LogP contribution in [-0.4, -0.2) is 35.3 Å². The zero-order valence-electron chi connectivity index (χ0n) is 17.1. The molecule has 1 atom stereocenters. The molecule has 3 aliphatic rings. The molecule has 30 heavy (non-hydrogen) atoms. The van der Waals surface area contributed by atoms with Crippen LogP contribution in [0.5, 0.6) is 0 Å². The van der Waals surface area contributed by atoms with Crippen molar-refractivity contribution < 1.29 is 14.0 Å². The van der Waals surface area contributed by atoms with Crippen LogP contribution in [0.4, 0.5) is 10.1 Å². The van der Waals surface area contributed by atoms with Gasteiger partial charge >= 0.3 is 0 Å². The Hall–Kier alpha value is -2.69. The van der Waals surface area contributed by atoms with Crippen LogP contribution < -0.4 is 4.90 Å². The minimum atomic E-state index is -0.717. The van der Waals surface area contributed by atoms with Crippen LogP contribution in [-0.2, 0) is 4.79 Å². The highest BCUT2D eigenvalue weighted by molar-refractivity contribution is 6.12. The molecule has 1 spiro atoms. The average molecular weight is 407 g/mol. The Labute approximate surface area is 176 Å². The third-order valence-corrected chi connectivity index (χ3v) is 7.17. The predicted molar refractivity (Wildman–Crippen MR) is 114 cm³/mol. The van der Waals surface area contributed by atoms with Gasteiger partial charge in [-0.25, -0.2) is 4.39 Å². The Morgan fingerprint density at radius 1 is 0.900 bits per heavy atom. The quantitative estimate of drug-likeness (QED) is 0.712. The number of hydrogen-bond donors (Lipinski definition) is 0. The highest BCUT2D eigenvalue weighted by Gasteiger charge is 2.56. The maximum Gasteiger partial charge on any atom is 0.259 e. The van der Waals surface area contributed by atoms with E-state index in [2.05, 4.69) is 0 Å². The van der Waals surface area contributed by atoms with Gasteiger partial charge in [-0.05, 0) is 49.4 Å². The zero-order valence-corrected chi connectivity index (χ0v) is 17.1. The second kappa shape index (κ2) is 7.53. The predicted octanol–water partition coefficient (Wildman–Crippen LogP) is 4.90. The molecule has 1 aliphatic carbocycles.